The quantitative estimate of drug-likeness (QED) is 0.812. The van der Waals surface area contributed by atoms with Crippen molar-refractivity contribution < 1.29 is 22.4 Å². The summed E-state index contributed by atoms with van der Waals surface area (Å²) in [5, 5.41) is 0. The van der Waals surface area contributed by atoms with Crippen LogP contribution in [0.1, 0.15) is 30.1 Å². The fourth-order valence-corrected chi connectivity index (χ4v) is 1.94. The molecule has 0 N–H and O–H groups in total. The Morgan fingerprint density at radius 1 is 1.35 bits per heavy atom. The Hall–Kier alpha value is -2.05. The molecule has 20 heavy (non-hydrogen) atoms. The van der Waals surface area contributed by atoms with Gasteiger partial charge in [0, 0.05) is 18.5 Å². The zero-order chi connectivity index (χ0) is 14.9. The monoisotopic (exact) mass is 287 g/mol. The number of carbonyl (C=O) groups excluding carboxylic acids is 1. The number of oxazole rings is 1. The highest BCUT2D eigenvalue weighted by Crippen LogP contribution is 2.23. The molecule has 0 bridgehead atoms. The van der Waals surface area contributed by atoms with Gasteiger partial charge in [0.1, 0.15) is 0 Å². The van der Waals surface area contributed by atoms with E-state index >= 15 is 0 Å². The third-order valence-electron chi connectivity index (χ3n) is 2.94. The molecule has 0 atom stereocenters. The van der Waals surface area contributed by atoms with Crippen LogP contribution in [0.5, 0.6) is 0 Å². The first-order chi connectivity index (χ1) is 9.31. The second-order valence-electron chi connectivity index (χ2n) is 4.33. The Bertz CT molecular complexity index is 697. The lowest BCUT2D eigenvalue weighted by Gasteiger charge is -2.05. The summed E-state index contributed by atoms with van der Waals surface area (Å²) in [7, 11) is 0. The lowest BCUT2D eigenvalue weighted by atomic mass is 10.1. The lowest BCUT2D eigenvalue weighted by molar-refractivity contribution is -0.133. The standard InChI is InChI=1S/C13H12F3NO3/c1-2-17-9-4-3-8(7-11(9)20-12(17)19)10(18)5-6-13(14,15)16/h3-4,7H,2,5-6H2,1H3. The molecule has 1 aromatic heterocycles. The Morgan fingerprint density at radius 3 is 2.65 bits per heavy atom. The van der Waals surface area contributed by atoms with E-state index in [9.17, 15) is 22.8 Å². The molecule has 0 saturated heterocycles. The number of aromatic nitrogens is 1. The molecular weight excluding hydrogens is 275 g/mol. The summed E-state index contributed by atoms with van der Waals surface area (Å²) in [5.41, 5.74) is 0.832. The molecule has 0 saturated carbocycles. The third-order valence-corrected chi connectivity index (χ3v) is 2.94. The van der Waals surface area contributed by atoms with Gasteiger partial charge in [0.05, 0.1) is 11.9 Å². The number of nitrogens with zero attached hydrogens (tertiary/aromatic N) is 1. The summed E-state index contributed by atoms with van der Waals surface area (Å²) in [5.74, 6) is -1.18. The smallest absolute Gasteiger partial charge is 0.408 e. The Morgan fingerprint density at radius 2 is 2.05 bits per heavy atom. The van der Waals surface area contributed by atoms with Crippen LogP contribution in [-0.2, 0) is 6.54 Å². The summed E-state index contributed by atoms with van der Waals surface area (Å²) < 4.78 is 42.5. The first-order valence-corrected chi connectivity index (χ1v) is 6.05. The average Bonchev–Trinajstić information content (AvgIpc) is 2.69. The van der Waals surface area contributed by atoms with E-state index in [1.165, 1.54) is 22.8 Å². The molecule has 0 radical (unpaired) electrons. The summed E-state index contributed by atoms with van der Waals surface area (Å²) >= 11 is 0. The van der Waals surface area contributed by atoms with Gasteiger partial charge in [-0.2, -0.15) is 13.2 Å². The highest BCUT2D eigenvalue weighted by molar-refractivity contribution is 5.98. The predicted molar refractivity (Wildman–Crippen MR) is 65.8 cm³/mol. The molecule has 0 unspecified atom stereocenters. The minimum atomic E-state index is -4.36. The van der Waals surface area contributed by atoms with Gasteiger partial charge in [-0.25, -0.2) is 4.79 Å². The minimum Gasteiger partial charge on any atom is -0.408 e. The molecule has 0 aliphatic rings. The fraction of sp³-hybridized carbons (Fsp3) is 0.385. The lowest BCUT2D eigenvalue weighted by Crippen LogP contribution is -2.12. The molecule has 1 heterocycles. The van der Waals surface area contributed by atoms with Crippen molar-refractivity contribution in [2.45, 2.75) is 32.5 Å². The van der Waals surface area contributed by atoms with E-state index in [1.54, 1.807) is 6.92 Å². The van der Waals surface area contributed by atoms with Crippen molar-refractivity contribution in [2.24, 2.45) is 0 Å². The third kappa shape index (κ3) is 2.92. The van der Waals surface area contributed by atoms with Crippen molar-refractivity contribution in [3.63, 3.8) is 0 Å². The molecule has 0 amide bonds. The molecule has 108 valence electrons. The zero-order valence-electron chi connectivity index (χ0n) is 10.7. The number of halogens is 3. The predicted octanol–water partition coefficient (Wildman–Crippen LogP) is 3.14. The first kappa shape index (κ1) is 14.4. The van der Waals surface area contributed by atoms with E-state index in [4.69, 9.17) is 4.42 Å². The van der Waals surface area contributed by atoms with Crippen LogP contribution in [0, 0.1) is 0 Å². The van der Waals surface area contributed by atoms with Crippen LogP contribution in [0.15, 0.2) is 27.4 Å². The van der Waals surface area contributed by atoms with Gasteiger partial charge in [-0.3, -0.25) is 9.36 Å². The largest absolute Gasteiger partial charge is 0.419 e. The van der Waals surface area contributed by atoms with Gasteiger partial charge in [0.25, 0.3) is 0 Å². The van der Waals surface area contributed by atoms with E-state index in [0.717, 1.165) is 0 Å². The zero-order valence-corrected chi connectivity index (χ0v) is 10.7. The van der Waals surface area contributed by atoms with Crippen LogP contribution in [0.4, 0.5) is 13.2 Å². The summed E-state index contributed by atoms with van der Waals surface area (Å²) in [6.07, 6.45) is -6.14. The van der Waals surface area contributed by atoms with E-state index in [1.807, 2.05) is 0 Å². The minimum absolute atomic E-state index is 0.110. The second-order valence-corrected chi connectivity index (χ2v) is 4.33. The van der Waals surface area contributed by atoms with Crippen LogP contribution >= 0.6 is 0 Å². The van der Waals surface area contributed by atoms with Gasteiger partial charge < -0.3 is 4.42 Å². The van der Waals surface area contributed by atoms with Gasteiger partial charge >= 0.3 is 11.9 Å². The molecule has 1 aromatic carbocycles. The van der Waals surface area contributed by atoms with Crippen molar-refractivity contribution >= 4 is 16.9 Å². The first-order valence-electron chi connectivity index (χ1n) is 6.05. The number of hydrogen-bond acceptors (Lipinski definition) is 3. The van der Waals surface area contributed by atoms with Crippen molar-refractivity contribution in [1.29, 1.82) is 0 Å². The average molecular weight is 287 g/mol. The summed E-state index contributed by atoms with van der Waals surface area (Å²) in [6, 6.07) is 4.22. The number of ketones is 1. The number of fused-ring (bicyclic) bond motifs is 1. The number of alkyl halides is 3. The molecule has 2 aromatic rings. The van der Waals surface area contributed by atoms with E-state index < -0.39 is 30.6 Å². The Balaban J connectivity index is 2.28. The summed E-state index contributed by atoms with van der Waals surface area (Å²) in [4.78, 5) is 23.1. The maximum Gasteiger partial charge on any atom is 0.419 e. The van der Waals surface area contributed by atoms with Crippen molar-refractivity contribution in [2.75, 3.05) is 0 Å². The van der Waals surface area contributed by atoms with Crippen LogP contribution < -0.4 is 5.76 Å². The number of Topliss-reactive ketones (excluding diaryl/α,β-unsaturated/α-hetero) is 1. The van der Waals surface area contributed by atoms with Gasteiger partial charge in [-0.15, -0.1) is 0 Å². The Kier molecular flexibility index (Phi) is 3.69. The normalized spacial score (nSPS) is 12.0. The maximum atomic E-state index is 12.1. The number of hydrogen-bond donors (Lipinski definition) is 0. The van der Waals surface area contributed by atoms with Gasteiger partial charge in [-0.1, -0.05) is 0 Å². The van der Waals surface area contributed by atoms with Gasteiger partial charge in [-0.05, 0) is 25.1 Å². The topological polar surface area (TPSA) is 52.2 Å². The number of carbonyl (C=O) groups is 1. The van der Waals surface area contributed by atoms with E-state index in [-0.39, 0.29) is 11.1 Å². The van der Waals surface area contributed by atoms with Gasteiger partial charge in [0.2, 0.25) is 0 Å². The fourth-order valence-electron chi connectivity index (χ4n) is 1.94. The van der Waals surface area contributed by atoms with Crippen LogP contribution in [0.2, 0.25) is 0 Å². The highest BCUT2D eigenvalue weighted by atomic mass is 19.4. The van der Waals surface area contributed by atoms with E-state index in [2.05, 4.69) is 0 Å². The molecule has 0 fully saturated rings. The molecule has 2 rings (SSSR count). The van der Waals surface area contributed by atoms with E-state index in [0.29, 0.717) is 12.1 Å². The maximum absolute atomic E-state index is 12.1. The second kappa shape index (κ2) is 5.15. The summed E-state index contributed by atoms with van der Waals surface area (Å²) in [6.45, 7) is 2.17. The molecule has 0 spiro atoms. The molecular formula is C13H12F3NO3. The van der Waals surface area contributed by atoms with Crippen LogP contribution in [0.3, 0.4) is 0 Å². The molecule has 0 aliphatic carbocycles. The number of rotatable bonds is 4. The highest BCUT2D eigenvalue weighted by Gasteiger charge is 2.28. The molecule has 4 nitrogen and oxygen atoms in total. The van der Waals surface area contributed by atoms with Crippen molar-refractivity contribution in [3.05, 3.63) is 34.3 Å². The molecule has 0 aliphatic heterocycles. The molecule has 7 heteroatoms. The van der Waals surface area contributed by atoms with Crippen LogP contribution in [0.25, 0.3) is 11.1 Å². The van der Waals surface area contributed by atoms with Crippen LogP contribution in [-0.4, -0.2) is 16.5 Å². The van der Waals surface area contributed by atoms with Crippen molar-refractivity contribution in [3.8, 4) is 0 Å². The van der Waals surface area contributed by atoms with Crippen molar-refractivity contribution in [1.82, 2.24) is 4.57 Å². The van der Waals surface area contributed by atoms with Gasteiger partial charge in [0.15, 0.2) is 11.4 Å². The number of aryl methyl sites for hydroxylation is 1. The Labute approximate surface area is 111 Å². The SMILES string of the molecule is CCn1c(=O)oc2cc(C(=O)CCC(F)(F)F)ccc21. The number of benzene rings is 1.